The fraction of sp³-hybridized carbons (Fsp3) is 0.0714. The predicted octanol–water partition coefficient (Wildman–Crippen LogP) is 4.48. The zero-order valence-corrected chi connectivity index (χ0v) is 12.0. The molecule has 0 aliphatic heterocycles. The van der Waals surface area contributed by atoms with Crippen molar-refractivity contribution in [3.63, 3.8) is 0 Å². The highest BCUT2D eigenvalue weighted by Crippen LogP contribution is 2.29. The number of carboxylic acid groups (broad SMARTS) is 1. The van der Waals surface area contributed by atoms with Crippen LogP contribution in [0.25, 0.3) is 0 Å². The highest BCUT2D eigenvalue weighted by atomic mass is 79.9. The molecule has 0 spiro atoms. The topological polar surface area (TPSA) is 49.3 Å². The lowest BCUT2D eigenvalue weighted by molar-refractivity contribution is 0.0697. The van der Waals surface area contributed by atoms with E-state index in [4.69, 9.17) is 5.11 Å². The van der Waals surface area contributed by atoms with Gasteiger partial charge in [0.2, 0.25) is 0 Å². The van der Waals surface area contributed by atoms with E-state index in [1.807, 2.05) is 0 Å². The molecule has 3 nitrogen and oxygen atoms in total. The van der Waals surface area contributed by atoms with Crippen LogP contribution in [0.1, 0.15) is 15.9 Å². The Balaban J connectivity index is 2.52. The predicted molar refractivity (Wildman–Crippen MR) is 75.5 cm³/mol. The van der Waals surface area contributed by atoms with Gasteiger partial charge in [-0.2, -0.15) is 0 Å². The van der Waals surface area contributed by atoms with Gasteiger partial charge < -0.3 is 10.4 Å². The second kappa shape index (κ2) is 5.58. The first-order valence-electron chi connectivity index (χ1n) is 5.64. The number of rotatable bonds is 3. The second-order valence-electron chi connectivity index (χ2n) is 4.17. The Bertz CT molecular complexity index is 689. The lowest BCUT2D eigenvalue weighted by Gasteiger charge is -2.13. The Labute approximate surface area is 122 Å². The van der Waals surface area contributed by atoms with Crippen LogP contribution in [0.2, 0.25) is 0 Å². The third-order valence-corrected chi connectivity index (χ3v) is 3.27. The smallest absolute Gasteiger partial charge is 0.337 e. The van der Waals surface area contributed by atoms with Gasteiger partial charge in [-0.25, -0.2) is 13.6 Å². The van der Waals surface area contributed by atoms with E-state index in [1.54, 1.807) is 25.1 Å². The van der Waals surface area contributed by atoms with Crippen molar-refractivity contribution in [2.75, 3.05) is 5.32 Å². The number of halogens is 3. The first-order chi connectivity index (χ1) is 9.40. The molecule has 0 aliphatic rings. The van der Waals surface area contributed by atoms with Crippen LogP contribution in [-0.4, -0.2) is 11.1 Å². The third kappa shape index (κ3) is 2.80. The van der Waals surface area contributed by atoms with E-state index >= 15 is 0 Å². The maximum Gasteiger partial charge on any atom is 0.337 e. The molecule has 2 N–H and O–H groups in total. The fourth-order valence-electron chi connectivity index (χ4n) is 1.75. The molecule has 6 heteroatoms. The summed E-state index contributed by atoms with van der Waals surface area (Å²) in [6, 6.07) is 6.96. The maximum atomic E-state index is 13.8. The molecule has 2 rings (SSSR count). The highest BCUT2D eigenvalue weighted by Gasteiger charge is 2.18. The van der Waals surface area contributed by atoms with Crippen LogP contribution < -0.4 is 5.32 Å². The molecule has 0 saturated carbocycles. The van der Waals surface area contributed by atoms with E-state index < -0.39 is 17.6 Å². The van der Waals surface area contributed by atoms with Crippen molar-refractivity contribution in [3.8, 4) is 0 Å². The molecule has 0 amide bonds. The molecule has 20 heavy (non-hydrogen) atoms. The molecule has 2 aromatic rings. The van der Waals surface area contributed by atoms with Gasteiger partial charge in [-0.1, -0.05) is 15.9 Å². The lowest BCUT2D eigenvalue weighted by Crippen LogP contribution is -2.07. The summed E-state index contributed by atoms with van der Waals surface area (Å²) in [4.78, 5) is 11.1. The molecule has 0 fully saturated rings. The number of anilines is 2. The minimum Gasteiger partial charge on any atom is -0.478 e. The summed E-state index contributed by atoms with van der Waals surface area (Å²) in [5.74, 6) is -3.65. The molecule has 0 radical (unpaired) electrons. The van der Waals surface area contributed by atoms with Crippen molar-refractivity contribution in [1.82, 2.24) is 0 Å². The second-order valence-corrected chi connectivity index (χ2v) is 5.09. The van der Waals surface area contributed by atoms with Gasteiger partial charge in [0.25, 0.3) is 0 Å². The van der Waals surface area contributed by atoms with Gasteiger partial charge in [-0.05, 0) is 42.8 Å². The average molecular weight is 342 g/mol. The lowest BCUT2D eigenvalue weighted by atomic mass is 10.1. The standard InChI is InChI=1S/C14H10BrF2NO2/c1-7-6-8(15)2-5-11(7)18-13-9(14(19)20)3-4-10(16)12(13)17/h2-6,18H,1H3,(H,19,20). The third-order valence-electron chi connectivity index (χ3n) is 2.77. The van der Waals surface area contributed by atoms with Gasteiger partial charge in [0.15, 0.2) is 11.6 Å². The largest absolute Gasteiger partial charge is 0.478 e. The Morgan fingerprint density at radius 1 is 1.25 bits per heavy atom. The van der Waals surface area contributed by atoms with Gasteiger partial charge in [0.1, 0.15) is 0 Å². The molecule has 0 saturated heterocycles. The van der Waals surface area contributed by atoms with Gasteiger partial charge in [0.05, 0.1) is 11.3 Å². The van der Waals surface area contributed by atoms with E-state index in [-0.39, 0.29) is 11.3 Å². The summed E-state index contributed by atoms with van der Waals surface area (Å²) in [6.45, 7) is 1.77. The van der Waals surface area contributed by atoms with Crippen molar-refractivity contribution in [3.05, 3.63) is 57.6 Å². The average Bonchev–Trinajstić information content (AvgIpc) is 2.37. The number of nitrogens with one attached hydrogen (secondary N) is 1. The van der Waals surface area contributed by atoms with Crippen LogP contribution in [-0.2, 0) is 0 Å². The number of hydrogen-bond donors (Lipinski definition) is 2. The molecule has 0 unspecified atom stereocenters. The molecule has 0 atom stereocenters. The van der Waals surface area contributed by atoms with Gasteiger partial charge in [0, 0.05) is 10.2 Å². The molecule has 0 aromatic heterocycles. The molecule has 0 heterocycles. The van der Waals surface area contributed by atoms with Crippen LogP contribution in [0.15, 0.2) is 34.8 Å². The zero-order chi connectivity index (χ0) is 14.9. The van der Waals surface area contributed by atoms with E-state index in [1.165, 1.54) is 0 Å². The van der Waals surface area contributed by atoms with Crippen molar-refractivity contribution < 1.29 is 18.7 Å². The van der Waals surface area contributed by atoms with Gasteiger partial charge >= 0.3 is 5.97 Å². The van der Waals surface area contributed by atoms with Crippen molar-refractivity contribution in [2.45, 2.75) is 6.92 Å². The number of carbonyl (C=O) groups is 1. The molecular weight excluding hydrogens is 332 g/mol. The van der Waals surface area contributed by atoms with Crippen molar-refractivity contribution in [1.29, 1.82) is 0 Å². The summed E-state index contributed by atoms with van der Waals surface area (Å²) in [5.41, 5.74) is 0.550. The SMILES string of the molecule is Cc1cc(Br)ccc1Nc1c(C(=O)O)ccc(F)c1F. The summed E-state index contributed by atoms with van der Waals surface area (Å²) >= 11 is 3.29. The van der Waals surface area contributed by atoms with E-state index in [0.29, 0.717) is 5.69 Å². The van der Waals surface area contributed by atoms with Crippen molar-refractivity contribution in [2.24, 2.45) is 0 Å². The Morgan fingerprint density at radius 3 is 2.55 bits per heavy atom. The highest BCUT2D eigenvalue weighted by molar-refractivity contribution is 9.10. The summed E-state index contributed by atoms with van der Waals surface area (Å²) in [6.07, 6.45) is 0. The maximum absolute atomic E-state index is 13.8. The van der Waals surface area contributed by atoms with Crippen LogP contribution in [0.4, 0.5) is 20.2 Å². The summed E-state index contributed by atoms with van der Waals surface area (Å²) in [7, 11) is 0. The van der Waals surface area contributed by atoms with E-state index in [2.05, 4.69) is 21.2 Å². The summed E-state index contributed by atoms with van der Waals surface area (Å²) < 4.78 is 27.9. The van der Waals surface area contributed by atoms with Crippen molar-refractivity contribution >= 4 is 33.3 Å². The zero-order valence-electron chi connectivity index (χ0n) is 10.4. The number of hydrogen-bond acceptors (Lipinski definition) is 2. The normalized spacial score (nSPS) is 10.4. The number of carboxylic acids is 1. The van der Waals surface area contributed by atoms with E-state index in [0.717, 1.165) is 22.2 Å². The fourth-order valence-corrected chi connectivity index (χ4v) is 2.23. The quantitative estimate of drug-likeness (QED) is 0.865. The van der Waals surface area contributed by atoms with Crippen LogP contribution in [0.3, 0.4) is 0 Å². The molecular formula is C14H10BrF2NO2. The minimum absolute atomic E-state index is 0.328. The van der Waals surface area contributed by atoms with E-state index in [9.17, 15) is 13.6 Å². The first-order valence-corrected chi connectivity index (χ1v) is 6.44. The summed E-state index contributed by atoms with van der Waals surface area (Å²) in [5, 5.41) is 11.7. The minimum atomic E-state index is -1.33. The molecule has 0 aliphatic carbocycles. The molecule has 2 aromatic carbocycles. The Kier molecular flexibility index (Phi) is 4.04. The first kappa shape index (κ1) is 14.5. The molecule has 104 valence electrons. The Hall–Kier alpha value is -1.95. The van der Waals surface area contributed by atoms with Crippen LogP contribution in [0.5, 0.6) is 0 Å². The van der Waals surface area contributed by atoms with Crippen LogP contribution in [0, 0.1) is 18.6 Å². The van der Waals surface area contributed by atoms with Crippen LogP contribution >= 0.6 is 15.9 Å². The van der Waals surface area contributed by atoms with Gasteiger partial charge in [-0.3, -0.25) is 0 Å². The number of aromatic carboxylic acids is 1. The van der Waals surface area contributed by atoms with Gasteiger partial charge in [-0.15, -0.1) is 0 Å². The molecule has 0 bridgehead atoms. The number of benzene rings is 2. The number of aryl methyl sites for hydroxylation is 1. The Morgan fingerprint density at radius 2 is 1.95 bits per heavy atom. The monoisotopic (exact) mass is 341 g/mol.